The molecule has 1 aromatic carbocycles. The first-order chi connectivity index (χ1) is 11.8. The minimum absolute atomic E-state index is 0.152. The maximum atomic E-state index is 11.6. The van der Waals surface area contributed by atoms with Gasteiger partial charge in [-0.25, -0.2) is 0 Å². The van der Waals surface area contributed by atoms with Gasteiger partial charge in [0.2, 0.25) is 0 Å². The van der Waals surface area contributed by atoms with Crippen molar-refractivity contribution in [1.82, 2.24) is 20.2 Å². The molecule has 2 aromatic rings. The second kappa shape index (κ2) is 6.45. The quantitative estimate of drug-likeness (QED) is 0.310. The lowest BCUT2D eigenvalue weighted by atomic mass is 10.1. The Morgan fingerprint density at radius 2 is 2.04 bits per heavy atom. The SMILES string of the molecule is O=C(O)C1CN(Cc2cc([N+](=O)[O-])cc3[nH]c(=O)c(=O)[nH]c23)CCN1. The van der Waals surface area contributed by atoms with Gasteiger partial charge < -0.3 is 20.4 Å². The fraction of sp³-hybridized carbons (Fsp3) is 0.357. The highest BCUT2D eigenvalue weighted by molar-refractivity contribution is 5.80. The van der Waals surface area contributed by atoms with Crippen LogP contribution in [0.5, 0.6) is 0 Å². The summed E-state index contributed by atoms with van der Waals surface area (Å²) >= 11 is 0. The number of nitro groups is 1. The van der Waals surface area contributed by atoms with Crippen molar-refractivity contribution in [3.63, 3.8) is 0 Å². The van der Waals surface area contributed by atoms with Crippen molar-refractivity contribution in [2.24, 2.45) is 0 Å². The largest absolute Gasteiger partial charge is 0.480 e. The molecule has 1 aliphatic heterocycles. The van der Waals surface area contributed by atoms with Crippen LogP contribution in [0, 0.1) is 10.1 Å². The number of carboxylic acid groups (broad SMARTS) is 1. The number of carboxylic acids is 1. The first-order valence-corrected chi connectivity index (χ1v) is 7.47. The molecule has 0 spiro atoms. The molecule has 2 heterocycles. The number of fused-ring (bicyclic) bond motifs is 1. The van der Waals surface area contributed by atoms with Crippen molar-refractivity contribution in [3.05, 3.63) is 48.5 Å². The van der Waals surface area contributed by atoms with Gasteiger partial charge in [0.1, 0.15) is 6.04 Å². The van der Waals surface area contributed by atoms with Crippen LogP contribution >= 0.6 is 0 Å². The number of benzene rings is 1. The molecule has 0 saturated carbocycles. The minimum atomic E-state index is -0.980. The van der Waals surface area contributed by atoms with Gasteiger partial charge in [0, 0.05) is 38.3 Å². The van der Waals surface area contributed by atoms with Crippen LogP contribution in [0.15, 0.2) is 21.7 Å². The Labute approximate surface area is 139 Å². The summed E-state index contributed by atoms with van der Waals surface area (Å²) in [4.78, 5) is 51.3. The Morgan fingerprint density at radius 1 is 1.32 bits per heavy atom. The highest BCUT2D eigenvalue weighted by Crippen LogP contribution is 2.23. The summed E-state index contributed by atoms with van der Waals surface area (Å²) in [5, 5.41) is 23.1. The molecule has 1 unspecified atom stereocenters. The second-order valence-corrected chi connectivity index (χ2v) is 5.77. The zero-order valence-electron chi connectivity index (χ0n) is 12.9. The van der Waals surface area contributed by atoms with Gasteiger partial charge in [-0.2, -0.15) is 0 Å². The number of nitro benzene ring substituents is 1. The predicted octanol–water partition coefficient (Wildman–Crippen LogP) is -1.02. The molecule has 0 aliphatic carbocycles. The zero-order chi connectivity index (χ0) is 18.1. The van der Waals surface area contributed by atoms with Crippen LogP contribution in [0.1, 0.15) is 5.56 Å². The van der Waals surface area contributed by atoms with Gasteiger partial charge in [0.15, 0.2) is 0 Å². The molecule has 11 heteroatoms. The molecule has 3 rings (SSSR count). The normalized spacial score (nSPS) is 18.3. The average molecular weight is 349 g/mol. The predicted molar refractivity (Wildman–Crippen MR) is 86.5 cm³/mol. The van der Waals surface area contributed by atoms with E-state index in [4.69, 9.17) is 5.11 Å². The first-order valence-electron chi connectivity index (χ1n) is 7.47. The van der Waals surface area contributed by atoms with E-state index in [1.807, 2.05) is 4.90 Å². The fourth-order valence-electron chi connectivity index (χ4n) is 2.87. The van der Waals surface area contributed by atoms with Gasteiger partial charge in [0.05, 0.1) is 16.0 Å². The van der Waals surface area contributed by atoms with Crippen molar-refractivity contribution in [1.29, 1.82) is 0 Å². The molecule has 1 aromatic heterocycles. The molecule has 0 radical (unpaired) electrons. The summed E-state index contributed by atoms with van der Waals surface area (Å²) in [6.07, 6.45) is 0. The van der Waals surface area contributed by atoms with E-state index >= 15 is 0 Å². The summed E-state index contributed by atoms with van der Waals surface area (Å²) in [6.45, 7) is 1.41. The van der Waals surface area contributed by atoms with Crippen molar-refractivity contribution >= 4 is 22.7 Å². The molecule has 25 heavy (non-hydrogen) atoms. The molecule has 1 aliphatic rings. The third-order valence-electron chi connectivity index (χ3n) is 4.06. The Hall–Kier alpha value is -3.05. The number of hydrogen-bond donors (Lipinski definition) is 4. The van der Waals surface area contributed by atoms with E-state index in [0.29, 0.717) is 24.2 Å². The summed E-state index contributed by atoms with van der Waals surface area (Å²) in [5.41, 5.74) is -1.10. The molecule has 0 bridgehead atoms. The van der Waals surface area contributed by atoms with E-state index in [2.05, 4.69) is 15.3 Å². The Kier molecular flexibility index (Phi) is 4.33. The van der Waals surface area contributed by atoms with Gasteiger partial charge >= 0.3 is 17.1 Å². The molecule has 1 fully saturated rings. The highest BCUT2D eigenvalue weighted by atomic mass is 16.6. The number of aromatic nitrogens is 2. The third-order valence-corrected chi connectivity index (χ3v) is 4.06. The molecule has 1 atom stereocenters. The molecule has 132 valence electrons. The topological polar surface area (TPSA) is 161 Å². The smallest absolute Gasteiger partial charge is 0.322 e. The summed E-state index contributed by atoms with van der Waals surface area (Å²) in [5.74, 6) is -0.980. The summed E-state index contributed by atoms with van der Waals surface area (Å²) in [7, 11) is 0. The number of H-pyrrole nitrogens is 2. The number of nitrogens with zero attached hydrogens (tertiary/aromatic N) is 2. The lowest BCUT2D eigenvalue weighted by Crippen LogP contribution is -2.53. The van der Waals surface area contributed by atoms with E-state index < -0.39 is 28.1 Å². The maximum absolute atomic E-state index is 11.6. The van der Waals surface area contributed by atoms with Crippen molar-refractivity contribution < 1.29 is 14.8 Å². The number of nitrogens with one attached hydrogen (secondary N) is 3. The number of non-ortho nitro benzene ring substituents is 1. The van der Waals surface area contributed by atoms with Gasteiger partial charge in [0.25, 0.3) is 5.69 Å². The number of piperazine rings is 1. The molecule has 4 N–H and O–H groups in total. The molecule has 11 nitrogen and oxygen atoms in total. The minimum Gasteiger partial charge on any atom is -0.480 e. The van der Waals surface area contributed by atoms with Gasteiger partial charge in [-0.1, -0.05) is 0 Å². The summed E-state index contributed by atoms with van der Waals surface area (Å²) in [6, 6.07) is 1.75. The first kappa shape index (κ1) is 16.8. The zero-order valence-corrected chi connectivity index (χ0v) is 12.9. The average Bonchev–Trinajstić information content (AvgIpc) is 2.56. The number of hydrogen-bond acceptors (Lipinski definition) is 7. The molecule has 0 amide bonds. The van der Waals surface area contributed by atoms with Crippen LogP contribution < -0.4 is 16.4 Å². The lowest BCUT2D eigenvalue weighted by molar-refractivity contribution is -0.384. The Bertz CT molecular complexity index is 964. The number of aromatic amines is 2. The number of aliphatic carboxylic acids is 1. The molecule has 1 saturated heterocycles. The standard InChI is InChI=1S/C14H15N5O6/c20-12-13(21)17-11-7(3-8(19(24)25)4-9(11)16-12)5-18-2-1-15-10(6-18)14(22)23/h3-4,10,15H,1-2,5-6H2,(H,16,20)(H,17,21)(H,22,23). The highest BCUT2D eigenvalue weighted by Gasteiger charge is 2.25. The van der Waals surface area contributed by atoms with E-state index in [1.54, 1.807) is 0 Å². The van der Waals surface area contributed by atoms with Crippen LogP contribution in [0.2, 0.25) is 0 Å². The van der Waals surface area contributed by atoms with Gasteiger partial charge in [-0.15, -0.1) is 0 Å². The van der Waals surface area contributed by atoms with Crippen LogP contribution in [0.4, 0.5) is 5.69 Å². The van der Waals surface area contributed by atoms with Crippen LogP contribution in [-0.2, 0) is 11.3 Å². The summed E-state index contributed by atoms with van der Waals surface area (Å²) < 4.78 is 0. The maximum Gasteiger partial charge on any atom is 0.322 e. The van der Waals surface area contributed by atoms with Crippen LogP contribution in [0.25, 0.3) is 11.0 Å². The number of carbonyl (C=O) groups is 1. The lowest BCUT2D eigenvalue weighted by Gasteiger charge is -2.31. The van der Waals surface area contributed by atoms with Crippen molar-refractivity contribution in [2.75, 3.05) is 19.6 Å². The van der Waals surface area contributed by atoms with Crippen molar-refractivity contribution in [2.45, 2.75) is 12.6 Å². The Balaban J connectivity index is 2.03. The molecular formula is C14H15N5O6. The third kappa shape index (κ3) is 3.41. The van der Waals surface area contributed by atoms with E-state index in [1.165, 1.54) is 12.1 Å². The van der Waals surface area contributed by atoms with Crippen LogP contribution in [0.3, 0.4) is 0 Å². The van der Waals surface area contributed by atoms with E-state index in [9.17, 15) is 24.5 Å². The van der Waals surface area contributed by atoms with Gasteiger partial charge in [-0.3, -0.25) is 29.4 Å². The van der Waals surface area contributed by atoms with E-state index in [0.717, 1.165) is 0 Å². The fourth-order valence-corrected chi connectivity index (χ4v) is 2.87. The second-order valence-electron chi connectivity index (χ2n) is 5.77. The van der Waals surface area contributed by atoms with Gasteiger partial charge in [-0.05, 0) is 5.56 Å². The van der Waals surface area contributed by atoms with Crippen molar-refractivity contribution in [3.8, 4) is 0 Å². The molecular weight excluding hydrogens is 334 g/mol. The van der Waals surface area contributed by atoms with Crippen LogP contribution in [-0.4, -0.2) is 56.5 Å². The van der Waals surface area contributed by atoms with E-state index in [-0.39, 0.29) is 24.3 Å². The Morgan fingerprint density at radius 3 is 2.72 bits per heavy atom. The monoisotopic (exact) mass is 349 g/mol. The number of rotatable bonds is 4.